The van der Waals surface area contributed by atoms with Gasteiger partial charge in [-0.15, -0.1) is 0 Å². The first kappa shape index (κ1) is 13.2. The minimum absolute atomic E-state index is 0.992. The summed E-state index contributed by atoms with van der Waals surface area (Å²) in [6, 6.07) is 23.3. The van der Waals surface area contributed by atoms with Crippen molar-refractivity contribution in [3.05, 3.63) is 89.6 Å². The van der Waals surface area contributed by atoms with Crippen molar-refractivity contribution in [3.8, 4) is 11.3 Å². The molecular weight excluding hydrogens is 268 g/mol. The molecule has 2 aromatic carbocycles. The highest BCUT2D eigenvalue weighted by atomic mass is 15.1. The summed E-state index contributed by atoms with van der Waals surface area (Å²) in [4.78, 5) is 7.10. The third-order valence-corrected chi connectivity index (χ3v) is 4.19. The highest BCUT2D eigenvalue weighted by Gasteiger charge is 2.20. The van der Waals surface area contributed by atoms with Crippen molar-refractivity contribution < 1.29 is 0 Å². The molecule has 108 valence electrons. The van der Waals surface area contributed by atoms with Crippen molar-refractivity contribution in [1.29, 1.82) is 0 Å². The van der Waals surface area contributed by atoms with Crippen LogP contribution in [0.25, 0.3) is 11.3 Å². The number of nitrogens with zero attached hydrogens (tertiary/aromatic N) is 2. The van der Waals surface area contributed by atoms with Gasteiger partial charge >= 0.3 is 0 Å². The van der Waals surface area contributed by atoms with Crippen LogP contribution in [0.4, 0.5) is 0 Å². The van der Waals surface area contributed by atoms with Gasteiger partial charge < -0.3 is 0 Å². The Morgan fingerprint density at radius 1 is 0.818 bits per heavy atom. The number of pyridine rings is 1. The summed E-state index contributed by atoms with van der Waals surface area (Å²) in [7, 11) is 0. The lowest BCUT2D eigenvalue weighted by atomic mass is 10.1. The first-order valence-corrected chi connectivity index (χ1v) is 7.68. The van der Waals surface area contributed by atoms with Gasteiger partial charge in [0.1, 0.15) is 0 Å². The summed E-state index contributed by atoms with van der Waals surface area (Å²) >= 11 is 0. The zero-order valence-electron chi connectivity index (χ0n) is 12.4. The number of hydrogen-bond donors (Lipinski definition) is 0. The van der Waals surface area contributed by atoms with Crippen LogP contribution in [0.3, 0.4) is 0 Å². The molecule has 2 heterocycles. The van der Waals surface area contributed by atoms with Crippen molar-refractivity contribution in [1.82, 2.24) is 9.88 Å². The third kappa shape index (κ3) is 2.66. The molecule has 0 atom stereocenters. The summed E-state index contributed by atoms with van der Waals surface area (Å²) in [6.45, 7) is 3.00. The van der Waals surface area contributed by atoms with Crippen LogP contribution in [0.1, 0.15) is 16.7 Å². The van der Waals surface area contributed by atoms with Crippen molar-refractivity contribution in [2.75, 3.05) is 0 Å². The Balaban J connectivity index is 1.54. The van der Waals surface area contributed by atoms with E-state index in [9.17, 15) is 0 Å². The molecule has 0 bridgehead atoms. The topological polar surface area (TPSA) is 16.1 Å². The summed E-state index contributed by atoms with van der Waals surface area (Å²) in [5, 5.41) is 0. The van der Waals surface area contributed by atoms with Gasteiger partial charge in [-0.3, -0.25) is 9.88 Å². The Hall–Kier alpha value is -2.45. The molecule has 0 aliphatic carbocycles. The van der Waals surface area contributed by atoms with E-state index in [1.807, 2.05) is 12.3 Å². The van der Waals surface area contributed by atoms with E-state index in [0.717, 1.165) is 25.3 Å². The second-order valence-corrected chi connectivity index (χ2v) is 5.84. The fraction of sp³-hybridized carbons (Fsp3) is 0.150. The van der Waals surface area contributed by atoms with Gasteiger partial charge in [0.25, 0.3) is 0 Å². The van der Waals surface area contributed by atoms with Gasteiger partial charge in [-0.2, -0.15) is 0 Å². The van der Waals surface area contributed by atoms with Gasteiger partial charge in [-0.1, -0.05) is 60.7 Å². The molecule has 0 N–H and O–H groups in total. The Bertz CT molecular complexity index is 766. The van der Waals surface area contributed by atoms with E-state index in [0.29, 0.717) is 0 Å². The van der Waals surface area contributed by atoms with Gasteiger partial charge in [-0.25, -0.2) is 0 Å². The molecule has 0 saturated heterocycles. The largest absolute Gasteiger partial charge is 0.290 e. The van der Waals surface area contributed by atoms with Crippen LogP contribution in [0.2, 0.25) is 0 Å². The molecule has 1 aromatic heterocycles. The predicted octanol–water partition coefficient (Wildman–Crippen LogP) is 4.26. The van der Waals surface area contributed by atoms with Crippen LogP contribution < -0.4 is 0 Å². The molecular formula is C20H18N2. The quantitative estimate of drug-likeness (QED) is 0.715. The van der Waals surface area contributed by atoms with E-state index in [1.165, 1.54) is 22.3 Å². The maximum atomic E-state index is 4.64. The molecule has 4 rings (SSSR count). The van der Waals surface area contributed by atoms with E-state index in [4.69, 9.17) is 0 Å². The van der Waals surface area contributed by atoms with Crippen molar-refractivity contribution >= 4 is 0 Å². The van der Waals surface area contributed by atoms with E-state index >= 15 is 0 Å². The van der Waals surface area contributed by atoms with Crippen LogP contribution >= 0.6 is 0 Å². The van der Waals surface area contributed by atoms with Crippen LogP contribution in [0, 0.1) is 0 Å². The zero-order valence-corrected chi connectivity index (χ0v) is 12.4. The Labute approximate surface area is 131 Å². The average Bonchev–Trinajstić information content (AvgIpc) is 2.98. The molecule has 22 heavy (non-hydrogen) atoms. The standard InChI is InChI=1S/C20H18N2/c1-3-7-16(8-4-1)13-22-14-18-11-20(21-12-19(18)15-22)17-9-5-2-6-10-17/h1-12H,13-15H2. The number of benzene rings is 2. The molecule has 0 saturated carbocycles. The summed E-state index contributed by atoms with van der Waals surface area (Å²) in [5.41, 5.74) is 6.39. The van der Waals surface area contributed by atoms with E-state index < -0.39 is 0 Å². The van der Waals surface area contributed by atoms with Gasteiger partial charge in [0.15, 0.2) is 0 Å². The predicted molar refractivity (Wildman–Crippen MR) is 89.1 cm³/mol. The van der Waals surface area contributed by atoms with E-state index in [1.54, 1.807) is 0 Å². The summed E-state index contributed by atoms with van der Waals surface area (Å²) in [5.74, 6) is 0. The Kier molecular flexibility index (Phi) is 3.45. The van der Waals surface area contributed by atoms with Gasteiger partial charge in [0, 0.05) is 31.4 Å². The molecule has 0 amide bonds. The van der Waals surface area contributed by atoms with E-state index in [-0.39, 0.29) is 0 Å². The number of hydrogen-bond acceptors (Lipinski definition) is 2. The maximum Gasteiger partial charge on any atom is 0.0705 e. The molecule has 1 aliphatic rings. The fourth-order valence-electron chi connectivity index (χ4n) is 3.07. The smallest absolute Gasteiger partial charge is 0.0705 e. The van der Waals surface area contributed by atoms with Crippen molar-refractivity contribution in [2.45, 2.75) is 19.6 Å². The minimum atomic E-state index is 0.992. The monoisotopic (exact) mass is 286 g/mol. The van der Waals surface area contributed by atoms with Gasteiger partial charge in [-0.05, 0) is 22.8 Å². The molecule has 0 spiro atoms. The molecule has 0 radical (unpaired) electrons. The molecule has 0 fully saturated rings. The molecule has 0 unspecified atom stereocenters. The molecule has 2 nitrogen and oxygen atoms in total. The van der Waals surface area contributed by atoms with Crippen molar-refractivity contribution in [3.63, 3.8) is 0 Å². The lowest BCUT2D eigenvalue weighted by Crippen LogP contribution is -2.15. The minimum Gasteiger partial charge on any atom is -0.290 e. The average molecular weight is 286 g/mol. The van der Waals surface area contributed by atoms with Crippen LogP contribution in [-0.4, -0.2) is 9.88 Å². The molecule has 1 aliphatic heterocycles. The maximum absolute atomic E-state index is 4.64. The second kappa shape index (κ2) is 5.74. The highest BCUT2D eigenvalue weighted by Crippen LogP contribution is 2.27. The second-order valence-electron chi connectivity index (χ2n) is 5.84. The summed E-state index contributed by atoms with van der Waals surface area (Å²) in [6.07, 6.45) is 2.04. The molecule has 3 aromatic rings. The lowest BCUT2D eigenvalue weighted by molar-refractivity contribution is 0.275. The summed E-state index contributed by atoms with van der Waals surface area (Å²) < 4.78 is 0. The number of aromatic nitrogens is 1. The SMILES string of the molecule is c1ccc(CN2Cc3cnc(-c4ccccc4)cc3C2)cc1. The van der Waals surface area contributed by atoms with Crippen LogP contribution in [-0.2, 0) is 19.6 Å². The Morgan fingerprint density at radius 2 is 1.50 bits per heavy atom. The van der Waals surface area contributed by atoms with Gasteiger partial charge in [0.05, 0.1) is 5.69 Å². The first-order chi connectivity index (χ1) is 10.9. The van der Waals surface area contributed by atoms with Crippen LogP contribution in [0.5, 0.6) is 0 Å². The number of fused-ring (bicyclic) bond motifs is 1. The Morgan fingerprint density at radius 3 is 2.27 bits per heavy atom. The number of rotatable bonds is 3. The van der Waals surface area contributed by atoms with E-state index in [2.05, 4.69) is 70.5 Å². The highest BCUT2D eigenvalue weighted by molar-refractivity contribution is 5.60. The fourth-order valence-corrected chi connectivity index (χ4v) is 3.07. The lowest BCUT2D eigenvalue weighted by Gasteiger charge is -2.14. The normalized spacial score (nSPS) is 14.0. The zero-order chi connectivity index (χ0) is 14.8. The first-order valence-electron chi connectivity index (χ1n) is 7.68. The van der Waals surface area contributed by atoms with Gasteiger partial charge in [0.2, 0.25) is 0 Å². The van der Waals surface area contributed by atoms with Crippen molar-refractivity contribution in [2.24, 2.45) is 0 Å². The third-order valence-electron chi connectivity index (χ3n) is 4.19. The molecule has 2 heteroatoms. The van der Waals surface area contributed by atoms with Crippen LogP contribution in [0.15, 0.2) is 72.9 Å².